The summed E-state index contributed by atoms with van der Waals surface area (Å²) < 4.78 is 1.65. The van der Waals surface area contributed by atoms with E-state index in [2.05, 4.69) is 0 Å². The molecule has 31 heavy (non-hydrogen) atoms. The van der Waals surface area contributed by atoms with Gasteiger partial charge in [0.05, 0.1) is 16.7 Å². The summed E-state index contributed by atoms with van der Waals surface area (Å²) in [7, 11) is 1.81. The van der Waals surface area contributed by atoms with Crippen LogP contribution in [-0.4, -0.2) is 33.2 Å². The molecule has 0 unspecified atom stereocenters. The Hall–Kier alpha value is -3.12. The Bertz CT molecular complexity index is 1330. The van der Waals surface area contributed by atoms with Crippen molar-refractivity contribution in [2.24, 2.45) is 0 Å². The average molecular weight is 432 g/mol. The minimum absolute atomic E-state index is 0.00348. The highest BCUT2D eigenvalue weighted by Gasteiger charge is 2.15. The molecule has 0 N–H and O–H groups in total. The lowest BCUT2D eigenvalue weighted by atomic mass is 10.1. The highest BCUT2D eigenvalue weighted by Crippen LogP contribution is 2.23. The molecule has 1 aromatic heterocycles. The molecule has 1 heterocycles. The molecule has 6 heteroatoms. The van der Waals surface area contributed by atoms with Gasteiger partial charge in [0, 0.05) is 20.1 Å². The summed E-state index contributed by atoms with van der Waals surface area (Å²) in [5, 5.41) is 3.24. The molecule has 0 spiro atoms. The highest BCUT2D eigenvalue weighted by atomic mass is 32.2. The van der Waals surface area contributed by atoms with E-state index in [4.69, 9.17) is 4.98 Å². The fraction of sp³-hybridized carbons (Fsp3) is 0.240. The fourth-order valence-electron chi connectivity index (χ4n) is 3.64. The van der Waals surface area contributed by atoms with Crippen LogP contribution < -0.4 is 5.56 Å². The Morgan fingerprint density at radius 2 is 1.74 bits per heavy atom. The van der Waals surface area contributed by atoms with Gasteiger partial charge in [0.1, 0.15) is 0 Å². The number of hydrogen-bond acceptors (Lipinski definition) is 4. The molecule has 0 atom stereocenters. The highest BCUT2D eigenvalue weighted by molar-refractivity contribution is 7.99. The van der Waals surface area contributed by atoms with Crippen molar-refractivity contribution in [2.45, 2.75) is 32.1 Å². The summed E-state index contributed by atoms with van der Waals surface area (Å²) in [6.07, 6.45) is 0. The van der Waals surface area contributed by atoms with Gasteiger partial charge in [-0.15, -0.1) is 0 Å². The second-order valence-corrected chi connectivity index (χ2v) is 8.57. The molecule has 0 aliphatic carbocycles. The van der Waals surface area contributed by atoms with E-state index in [9.17, 15) is 9.59 Å². The van der Waals surface area contributed by atoms with Gasteiger partial charge in [-0.3, -0.25) is 14.2 Å². The van der Waals surface area contributed by atoms with Crippen LogP contribution in [0.2, 0.25) is 0 Å². The second kappa shape index (κ2) is 8.94. The fourth-order valence-corrected chi connectivity index (χ4v) is 4.65. The molecule has 1 amide bonds. The Morgan fingerprint density at radius 3 is 2.45 bits per heavy atom. The van der Waals surface area contributed by atoms with E-state index in [1.165, 1.54) is 11.8 Å². The minimum Gasteiger partial charge on any atom is -0.341 e. The number of amides is 1. The first-order chi connectivity index (χ1) is 15.0. The van der Waals surface area contributed by atoms with E-state index in [0.29, 0.717) is 29.1 Å². The molecule has 0 aliphatic rings. The van der Waals surface area contributed by atoms with Crippen molar-refractivity contribution < 1.29 is 4.79 Å². The van der Waals surface area contributed by atoms with Crippen molar-refractivity contribution >= 4 is 39.3 Å². The number of carbonyl (C=O) groups excluding carboxylic acids is 1. The van der Waals surface area contributed by atoms with Gasteiger partial charge >= 0.3 is 0 Å². The smallest absolute Gasteiger partial charge is 0.262 e. The first-order valence-corrected chi connectivity index (χ1v) is 11.3. The zero-order valence-electron chi connectivity index (χ0n) is 18.0. The molecular formula is C25H25N3O2S. The summed E-state index contributed by atoms with van der Waals surface area (Å²) in [5.74, 6) is 0.234. The van der Waals surface area contributed by atoms with Crippen LogP contribution in [0.25, 0.3) is 21.7 Å². The number of thioether (sulfide) groups is 1. The van der Waals surface area contributed by atoms with Gasteiger partial charge in [-0.25, -0.2) is 4.98 Å². The van der Waals surface area contributed by atoms with E-state index < -0.39 is 0 Å². The van der Waals surface area contributed by atoms with Crippen molar-refractivity contribution in [2.75, 3.05) is 12.8 Å². The van der Waals surface area contributed by atoms with Gasteiger partial charge < -0.3 is 4.90 Å². The van der Waals surface area contributed by atoms with Crippen molar-refractivity contribution in [3.05, 3.63) is 82.1 Å². The van der Waals surface area contributed by atoms with Crippen molar-refractivity contribution in [3.63, 3.8) is 0 Å². The second-order valence-electron chi connectivity index (χ2n) is 7.63. The molecule has 5 nitrogen and oxygen atoms in total. The average Bonchev–Trinajstić information content (AvgIpc) is 2.78. The standard InChI is InChI=1S/C25H25N3O2S/c1-4-28-24(30)21-13-18-10-7-8-11-19(18)14-22(21)26-25(28)31-16-23(29)27(3)15-20-12-6-5-9-17(20)2/h5-14H,4,15-16H2,1-3H3. The summed E-state index contributed by atoms with van der Waals surface area (Å²) in [5.41, 5.74) is 2.89. The van der Waals surface area contributed by atoms with Crippen molar-refractivity contribution in [3.8, 4) is 0 Å². The Labute approximate surface area is 185 Å². The summed E-state index contributed by atoms with van der Waals surface area (Å²) >= 11 is 1.32. The predicted octanol–water partition coefficient (Wildman–Crippen LogP) is 4.63. The van der Waals surface area contributed by atoms with Gasteiger partial charge in [-0.2, -0.15) is 0 Å². The lowest BCUT2D eigenvalue weighted by Gasteiger charge is -2.19. The molecule has 158 valence electrons. The van der Waals surface area contributed by atoms with Crippen LogP contribution in [0, 0.1) is 6.92 Å². The zero-order chi connectivity index (χ0) is 22.0. The maximum atomic E-state index is 13.1. The third kappa shape index (κ3) is 4.35. The van der Waals surface area contributed by atoms with E-state index >= 15 is 0 Å². The van der Waals surface area contributed by atoms with E-state index in [-0.39, 0.29) is 17.2 Å². The number of rotatable bonds is 6. The summed E-state index contributed by atoms with van der Waals surface area (Å²) in [6.45, 7) is 5.03. The van der Waals surface area contributed by atoms with Crippen LogP contribution in [0.5, 0.6) is 0 Å². The first kappa shape index (κ1) is 21.1. The van der Waals surface area contributed by atoms with Crippen LogP contribution in [0.1, 0.15) is 18.1 Å². The number of aryl methyl sites for hydroxylation is 1. The number of benzene rings is 3. The van der Waals surface area contributed by atoms with Crippen molar-refractivity contribution in [1.29, 1.82) is 0 Å². The van der Waals surface area contributed by atoms with Gasteiger partial charge in [-0.1, -0.05) is 60.3 Å². The Morgan fingerprint density at radius 1 is 1.06 bits per heavy atom. The van der Waals surface area contributed by atoms with Crippen LogP contribution >= 0.6 is 11.8 Å². The van der Waals surface area contributed by atoms with E-state index in [1.807, 2.05) is 81.6 Å². The maximum absolute atomic E-state index is 13.1. The van der Waals surface area contributed by atoms with Gasteiger partial charge in [0.15, 0.2) is 5.16 Å². The number of carbonyl (C=O) groups is 1. The van der Waals surface area contributed by atoms with Gasteiger partial charge in [0.25, 0.3) is 5.56 Å². The normalized spacial score (nSPS) is 11.2. The third-order valence-electron chi connectivity index (χ3n) is 5.52. The number of nitrogens with zero attached hydrogens (tertiary/aromatic N) is 3. The number of aromatic nitrogens is 2. The topological polar surface area (TPSA) is 55.2 Å². The molecule has 0 fully saturated rings. The number of fused-ring (bicyclic) bond motifs is 2. The molecule has 0 bridgehead atoms. The van der Waals surface area contributed by atoms with Crippen molar-refractivity contribution in [1.82, 2.24) is 14.5 Å². The predicted molar refractivity (Wildman–Crippen MR) is 128 cm³/mol. The molecule has 0 radical (unpaired) electrons. The lowest BCUT2D eigenvalue weighted by Crippen LogP contribution is -2.29. The first-order valence-electron chi connectivity index (χ1n) is 10.3. The largest absolute Gasteiger partial charge is 0.341 e. The van der Waals surface area contributed by atoms with Gasteiger partial charge in [-0.05, 0) is 47.9 Å². The monoisotopic (exact) mass is 431 g/mol. The van der Waals surface area contributed by atoms with Crippen LogP contribution in [0.15, 0.2) is 70.6 Å². The molecule has 4 rings (SSSR count). The third-order valence-corrected chi connectivity index (χ3v) is 6.48. The maximum Gasteiger partial charge on any atom is 0.262 e. The molecule has 4 aromatic rings. The summed E-state index contributed by atoms with van der Waals surface area (Å²) in [6, 6.07) is 19.9. The van der Waals surface area contributed by atoms with E-state index in [1.54, 1.807) is 9.47 Å². The zero-order valence-corrected chi connectivity index (χ0v) is 18.8. The quantitative estimate of drug-likeness (QED) is 0.254. The van der Waals surface area contributed by atoms with Crippen LogP contribution in [0.4, 0.5) is 0 Å². The number of hydrogen-bond donors (Lipinski definition) is 0. The van der Waals surface area contributed by atoms with Crippen LogP contribution in [0.3, 0.4) is 0 Å². The molecular weight excluding hydrogens is 406 g/mol. The van der Waals surface area contributed by atoms with Crippen LogP contribution in [-0.2, 0) is 17.9 Å². The minimum atomic E-state index is -0.0681. The molecule has 0 aliphatic heterocycles. The molecule has 3 aromatic carbocycles. The lowest BCUT2D eigenvalue weighted by molar-refractivity contribution is -0.127. The molecule has 0 saturated heterocycles. The van der Waals surface area contributed by atoms with E-state index in [0.717, 1.165) is 21.9 Å². The van der Waals surface area contributed by atoms with Gasteiger partial charge in [0.2, 0.25) is 5.91 Å². The summed E-state index contributed by atoms with van der Waals surface area (Å²) in [4.78, 5) is 32.3. The Kier molecular flexibility index (Phi) is 6.09. The SMILES string of the molecule is CCn1c(SCC(=O)N(C)Cc2ccccc2C)nc2cc3ccccc3cc2c1=O. The molecule has 0 saturated carbocycles. The Balaban J connectivity index is 1.58.